The summed E-state index contributed by atoms with van der Waals surface area (Å²) in [4.78, 5) is 21.1. The number of nitrogens with one attached hydrogen (secondary N) is 1. The fourth-order valence-corrected chi connectivity index (χ4v) is 2.34. The molecule has 1 amide bonds. The van der Waals surface area contributed by atoms with Crippen LogP contribution in [0.15, 0.2) is 35.5 Å². The van der Waals surface area contributed by atoms with Crippen molar-refractivity contribution in [1.29, 1.82) is 0 Å². The Labute approximate surface area is 140 Å². The van der Waals surface area contributed by atoms with E-state index >= 15 is 0 Å². The average molecular weight is 332 g/mol. The van der Waals surface area contributed by atoms with Gasteiger partial charge in [0.15, 0.2) is 0 Å². The Morgan fingerprint density at radius 3 is 2.70 bits per heavy atom. The van der Waals surface area contributed by atoms with Crippen LogP contribution in [0.2, 0.25) is 5.15 Å². The number of carbonyl (C=O) groups excluding carboxylic acids is 1. The van der Waals surface area contributed by atoms with Gasteiger partial charge in [-0.15, -0.1) is 0 Å². The lowest BCUT2D eigenvalue weighted by atomic mass is 10.00. The number of aryl methyl sites for hydroxylation is 1. The second-order valence-electron chi connectivity index (χ2n) is 5.09. The highest BCUT2D eigenvalue weighted by atomic mass is 35.5. The van der Waals surface area contributed by atoms with Crippen LogP contribution in [0.5, 0.6) is 0 Å². The smallest absolute Gasteiger partial charge is 0.273 e. The largest absolute Gasteiger partial charge is 0.399 e. The highest BCUT2D eigenvalue weighted by Gasteiger charge is 2.13. The van der Waals surface area contributed by atoms with E-state index in [1.807, 2.05) is 38.1 Å². The van der Waals surface area contributed by atoms with Gasteiger partial charge in [0.25, 0.3) is 5.91 Å². The number of oxime groups is 1. The Hall–Kier alpha value is -2.40. The van der Waals surface area contributed by atoms with Crippen molar-refractivity contribution >= 4 is 28.9 Å². The Bertz CT molecular complexity index is 772. The van der Waals surface area contributed by atoms with Gasteiger partial charge in [0.05, 0.1) is 5.69 Å². The molecule has 0 bridgehead atoms. The molecule has 0 saturated carbocycles. The van der Waals surface area contributed by atoms with Gasteiger partial charge in [-0.25, -0.2) is 4.98 Å². The number of carbonyl (C=O) groups is 1. The number of anilines is 1. The second kappa shape index (κ2) is 7.24. The number of pyridine rings is 1. The summed E-state index contributed by atoms with van der Waals surface area (Å²) in [7, 11) is 1.40. The predicted molar refractivity (Wildman–Crippen MR) is 92.9 cm³/mol. The van der Waals surface area contributed by atoms with Crippen LogP contribution in [0.1, 0.15) is 18.1 Å². The minimum Gasteiger partial charge on any atom is -0.399 e. The van der Waals surface area contributed by atoms with Gasteiger partial charge in [-0.1, -0.05) is 35.0 Å². The SMILES string of the molecule is CO/N=C(\C)C(=O)Nc1cccc(-c2nc(Cl)ccc2C)c1C. The molecule has 0 saturated heterocycles. The van der Waals surface area contributed by atoms with Gasteiger partial charge in [-0.05, 0) is 44.0 Å². The molecule has 1 aromatic heterocycles. The van der Waals surface area contributed by atoms with Crippen LogP contribution in [-0.4, -0.2) is 23.7 Å². The van der Waals surface area contributed by atoms with Gasteiger partial charge in [-0.3, -0.25) is 4.79 Å². The zero-order chi connectivity index (χ0) is 17.0. The predicted octanol–water partition coefficient (Wildman–Crippen LogP) is 3.98. The molecule has 0 radical (unpaired) electrons. The number of aromatic nitrogens is 1. The molecule has 0 aliphatic heterocycles. The molecule has 0 unspecified atom stereocenters. The second-order valence-corrected chi connectivity index (χ2v) is 5.48. The molecule has 0 aliphatic rings. The van der Waals surface area contributed by atoms with Gasteiger partial charge in [0.2, 0.25) is 0 Å². The zero-order valence-corrected chi connectivity index (χ0v) is 14.2. The van der Waals surface area contributed by atoms with Gasteiger partial charge < -0.3 is 10.2 Å². The van der Waals surface area contributed by atoms with Crippen LogP contribution < -0.4 is 5.32 Å². The maximum atomic E-state index is 12.1. The third kappa shape index (κ3) is 3.87. The van der Waals surface area contributed by atoms with Crippen LogP contribution in [-0.2, 0) is 9.63 Å². The first kappa shape index (κ1) is 17.0. The van der Waals surface area contributed by atoms with Crippen LogP contribution >= 0.6 is 11.6 Å². The molecule has 23 heavy (non-hydrogen) atoms. The summed E-state index contributed by atoms with van der Waals surface area (Å²) >= 11 is 6.01. The minimum absolute atomic E-state index is 0.245. The number of amides is 1. The Morgan fingerprint density at radius 2 is 2.00 bits per heavy atom. The fourth-order valence-electron chi connectivity index (χ4n) is 2.20. The molecule has 6 heteroatoms. The summed E-state index contributed by atoms with van der Waals surface area (Å²) < 4.78 is 0. The van der Waals surface area contributed by atoms with Crippen molar-refractivity contribution in [1.82, 2.24) is 4.98 Å². The van der Waals surface area contributed by atoms with E-state index < -0.39 is 0 Å². The van der Waals surface area contributed by atoms with Gasteiger partial charge in [-0.2, -0.15) is 0 Å². The normalized spacial score (nSPS) is 11.3. The first-order valence-corrected chi connectivity index (χ1v) is 7.44. The van der Waals surface area contributed by atoms with E-state index in [1.165, 1.54) is 7.11 Å². The van der Waals surface area contributed by atoms with Crippen molar-refractivity contribution in [2.45, 2.75) is 20.8 Å². The van der Waals surface area contributed by atoms with E-state index in [0.717, 1.165) is 22.4 Å². The van der Waals surface area contributed by atoms with E-state index in [2.05, 4.69) is 20.3 Å². The third-order valence-corrected chi connectivity index (χ3v) is 3.67. The number of benzene rings is 1. The molecule has 0 aliphatic carbocycles. The quantitative estimate of drug-likeness (QED) is 0.523. The van der Waals surface area contributed by atoms with Crippen molar-refractivity contribution in [3.8, 4) is 11.3 Å². The maximum Gasteiger partial charge on any atom is 0.273 e. The number of hydrogen-bond acceptors (Lipinski definition) is 4. The molecule has 5 nitrogen and oxygen atoms in total. The van der Waals surface area contributed by atoms with Crippen molar-refractivity contribution in [3.05, 3.63) is 46.6 Å². The highest BCUT2D eigenvalue weighted by molar-refractivity contribution is 6.42. The van der Waals surface area contributed by atoms with Crippen molar-refractivity contribution in [2.24, 2.45) is 5.16 Å². The molecule has 1 heterocycles. The molecular formula is C17H18ClN3O2. The lowest BCUT2D eigenvalue weighted by Crippen LogP contribution is -2.21. The first-order valence-electron chi connectivity index (χ1n) is 7.06. The standard InChI is InChI=1S/C17H18ClN3O2/c1-10-8-9-15(18)20-16(10)13-6-5-7-14(11(13)2)19-17(22)12(3)21-23-4/h5-9H,1-4H3,(H,19,22)/b21-12+. The van der Waals surface area contributed by atoms with E-state index in [0.29, 0.717) is 10.8 Å². The molecule has 2 rings (SSSR count). The minimum atomic E-state index is -0.317. The van der Waals surface area contributed by atoms with E-state index in [9.17, 15) is 4.79 Å². The maximum absolute atomic E-state index is 12.1. The van der Waals surface area contributed by atoms with E-state index in [4.69, 9.17) is 11.6 Å². The number of halogens is 1. The van der Waals surface area contributed by atoms with Gasteiger partial charge in [0.1, 0.15) is 18.0 Å². The summed E-state index contributed by atoms with van der Waals surface area (Å²) in [5, 5.41) is 6.89. The Balaban J connectivity index is 2.41. The monoisotopic (exact) mass is 331 g/mol. The number of nitrogens with zero attached hydrogens (tertiary/aromatic N) is 2. The van der Waals surface area contributed by atoms with Crippen LogP contribution in [0.25, 0.3) is 11.3 Å². The van der Waals surface area contributed by atoms with Crippen molar-refractivity contribution < 1.29 is 9.63 Å². The third-order valence-electron chi connectivity index (χ3n) is 3.46. The van der Waals surface area contributed by atoms with Crippen molar-refractivity contribution in [2.75, 3.05) is 12.4 Å². The van der Waals surface area contributed by atoms with E-state index in [-0.39, 0.29) is 11.6 Å². The molecule has 120 valence electrons. The molecule has 1 N–H and O–H groups in total. The molecule has 0 fully saturated rings. The summed E-state index contributed by atoms with van der Waals surface area (Å²) in [6.07, 6.45) is 0. The zero-order valence-electron chi connectivity index (χ0n) is 13.5. The number of rotatable bonds is 4. The fraction of sp³-hybridized carbons (Fsp3) is 0.235. The summed E-state index contributed by atoms with van der Waals surface area (Å²) in [5.74, 6) is -0.317. The summed E-state index contributed by atoms with van der Waals surface area (Å²) in [6, 6.07) is 9.32. The molecule has 2 aromatic rings. The highest BCUT2D eigenvalue weighted by Crippen LogP contribution is 2.30. The topological polar surface area (TPSA) is 63.6 Å². The van der Waals surface area contributed by atoms with Crippen LogP contribution in [0, 0.1) is 13.8 Å². The molecular weight excluding hydrogens is 314 g/mol. The summed E-state index contributed by atoms with van der Waals surface area (Å²) in [5.41, 5.74) is 4.58. The first-order chi connectivity index (χ1) is 10.9. The van der Waals surface area contributed by atoms with Crippen LogP contribution in [0.3, 0.4) is 0 Å². The average Bonchev–Trinajstić information content (AvgIpc) is 2.52. The Kier molecular flexibility index (Phi) is 5.34. The Morgan fingerprint density at radius 1 is 1.26 bits per heavy atom. The molecule has 0 atom stereocenters. The summed E-state index contributed by atoms with van der Waals surface area (Å²) in [6.45, 7) is 5.48. The van der Waals surface area contributed by atoms with E-state index in [1.54, 1.807) is 13.0 Å². The lowest BCUT2D eigenvalue weighted by Gasteiger charge is -2.13. The molecule has 1 aromatic carbocycles. The lowest BCUT2D eigenvalue weighted by molar-refractivity contribution is -0.110. The van der Waals surface area contributed by atoms with Crippen molar-refractivity contribution in [3.63, 3.8) is 0 Å². The molecule has 0 spiro atoms. The number of hydrogen-bond donors (Lipinski definition) is 1. The van der Waals surface area contributed by atoms with Gasteiger partial charge >= 0.3 is 0 Å². The van der Waals surface area contributed by atoms with Gasteiger partial charge in [0, 0.05) is 11.3 Å². The van der Waals surface area contributed by atoms with Crippen LogP contribution in [0.4, 0.5) is 5.69 Å².